The molecule has 0 saturated heterocycles. The lowest BCUT2D eigenvalue weighted by Gasteiger charge is -2.30. The third-order valence-electron chi connectivity index (χ3n) is 14.4. The highest BCUT2D eigenvalue weighted by atomic mass is 16.3. The zero-order valence-corrected chi connectivity index (χ0v) is 41.5. The second-order valence-electron chi connectivity index (χ2n) is 20.4. The van der Waals surface area contributed by atoms with Crippen molar-refractivity contribution in [3.8, 4) is 33.4 Å². The van der Waals surface area contributed by atoms with Gasteiger partial charge in [0.25, 0.3) is 0 Å². The maximum atomic E-state index is 6.87. The van der Waals surface area contributed by atoms with Crippen LogP contribution in [0.4, 0.5) is 34.1 Å². The lowest BCUT2D eigenvalue weighted by atomic mass is 9.86. The Morgan fingerprint density at radius 3 is 1.25 bits per heavy atom. The highest BCUT2D eigenvalue weighted by molar-refractivity contribution is 6.14. The summed E-state index contributed by atoms with van der Waals surface area (Å²) in [4.78, 5) is 4.81. The van der Waals surface area contributed by atoms with Gasteiger partial charge in [0.1, 0.15) is 11.2 Å². The van der Waals surface area contributed by atoms with Gasteiger partial charge in [-0.15, -0.1) is 0 Å². The molecule has 1 aromatic heterocycles. The van der Waals surface area contributed by atoms with Crippen LogP contribution in [0.15, 0.2) is 247 Å². The van der Waals surface area contributed by atoms with Crippen molar-refractivity contribution in [1.29, 1.82) is 0 Å². The van der Waals surface area contributed by atoms with Gasteiger partial charge in [-0.25, -0.2) is 0 Å². The summed E-state index contributed by atoms with van der Waals surface area (Å²) in [5.41, 5.74) is 18.1. The van der Waals surface area contributed by atoms with E-state index >= 15 is 0 Å². The lowest BCUT2D eigenvalue weighted by Crippen LogP contribution is -2.13. The van der Waals surface area contributed by atoms with Crippen molar-refractivity contribution in [3.05, 3.63) is 254 Å². The molecule has 12 rings (SSSR count). The van der Waals surface area contributed by atoms with E-state index in [0.717, 1.165) is 88.7 Å². The number of hydrogen-bond acceptors (Lipinski definition) is 3. The smallest absolute Gasteiger partial charge is 0.136 e. The SMILES string of the molecule is CC(C)c1ccc(-c2ccccc2N(c2ccccc2)c2ccc3cc4c(cc3c2)oc2cc3cc(N(c5ccccc5-c5ccccc5)c5ccccc5-c5ccc(C(C)(C)C)cc5)ccc3cc24)cc1. The Kier molecular flexibility index (Phi) is 11.3. The molecule has 0 saturated carbocycles. The molecule has 0 atom stereocenters. The van der Waals surface area contributed by atoms with Gasteiger partial charge in [-0.1, -0.05) is 198 Å². The van der Waals surface area contributed by atoms with Crippen LogP contribution in [0.1, 0.15) is 51.7 Å². The van der Waals surface area contributed by atoms with Gasteiger partial charge >= 0.3 is 0 Å². The van der Waals surface area contributed by atoms with Crippen molar-refractivity contribution in [2.24, 2.45) is 0 Å². The molecule has 0 fully saturated rings. The molecule has 0 unspecified atom stereocenters. The molecule has 0 bridgehead atoms. The molecule has 348 valence electrons. The van der Waals surface area contributed by atoms with Crippen molar-refractivity contribution in [1.82, 2.24) is 0 Å². The summed E-state index contributed by atoms with van der Waals surface area (Å²) in [6.07, 6.45) is 0. The quantitative estimate of drug-likeness (QED) is 0.136. The molecule has 0 radical (unpaired) electrons. The van der Waals surface area contributed by atoms with Gasteiger partial charge in [-0.05, 0) is 140 Å². The van der Waals surface area contributed by atoms with Crippen LogP contribution in [0.5, 0.6) is 0 Å². The Balaban J connectivity index is 0.973. The van der Waals surface area contributed by atoms with Crippen LogP contribution in [0.25, 0.3) is 76.9 Å². The lowest BCUT2D eigenvalue weighted by molar-refractivity contribution is 0.590. The minimum Gasteiger partial charge on any atom is -0.456 e. The zero-order chi connectivity index (χ0) is 48.9. The van der Waals surface area contributed by atoms with Crippen LogP contribution in [0.2, 0.25) is 0 Å². The third-order valence-corrected chi connectivity index (χ3v) is 14.4. The van der Waals surface area contributed by atoms with Gasteiger partial charge < -0.3 is 14.2 Å². The predicted molar refractivity (Wildman–Crippen MR) is 307 cm³/mol. The first kappa shape index (κ1) is 44.5. The van der Waals surface area contributed by atoms with Gasteiger partial charge in [0.2, 0.25) is 0 Å². The van der Waals surface area contributed by atoms with E-state index in [9.17, 15) is 0 Å². The van der Waals surface area contributed by atoms with Crippen LogP contribution < -0.4 is 9.80 Å². The van der Waals surface area contributed by atoms with Crippen LogP contribution >= 0.6 is 0 Å². The second kappa shape index (κ2) is 18.3. The maximum absolute atomic E-state index is 6.87. The summed E-state index contributed by atoms with van der Waals surface area (Å²) >= 11 is 0. The van der Waals surface area contributed by atoms with E-state index in [0.29, 0.717) is 5.92 Å². The van der Waals surface area contributed by atoms with Gasteiger partial charge in [-0.2, -0.15) is 0 Å². The van der Waals surface area contributed by atoms with Gasteiger partial charge in [0, 0.05) is 44.5 Å². The summed E-state index contributed by atoms with van der Waals surface area (Å²) in [6.45, 7) is 11.3. The van der Waals surface area contributed by atoms with E-state index in [-0.39, 0.29) is 5.41 Å². The van der Waals surface area contributed by atoms with Crippen LogP contribution in [-0.4, -0.2) is 0 Å². The van der Waals surface area contributed by atoms with E-state index in [1.165, 1.54) is 33.4 Å². The molecule has 0 N–H and O–H groups in total. The molecule has 0 aliphatic rings. The van der Waals surface area contributed by atoms with E-state index in [4.69, 9.17) is 4.42 Å². The first-order chi connectivity index (χ1) is 35.1. The Bertz CT molecular complexity index is 3920. The molecular formula is C69H56N2O. The summed E-state index contributed by atoms with van der Waals surface area (Å²) in [5.74, 6) is 0.472. The Morgan fingerprint density at radius 2 is 0.764 bits per heavy atom. The van der Waals surface area contributed by atoms with E-state index < -0.39 is 0 Å². The largest absolute Gasteiger partial charge is 0.456 e. The molecule has 0 spiro atoms. The molecular weight excluding hydrogens is 873 g/mol. The fourth-order valence-corrected chi connectivity index (χ4v) is 10.5. The normalized spacial score (nSPS) is 11.8. The average Bonchev–Trinajstić information content (AvgIpc) is 3.76. The predicted octanol–water partition coefficient (Wildman–Crippen LogP) is 20.3. The monoisotopic (exact) mass is 928 g/mol. The molecule has 72 heavy (non-hydrogen) atoms. The molecule has 0 amide bonds. The molecule has 11 aromatic carbocycles. The number of benzene rings is 11. The number of hydrogen-bond donors (Lipinski definition) is 0. The van der Waals surface area contributed by atoms with Gasteiger partial charge in [0.15, 0.2) is 0 Å². The van der Waals surface area contributed by atoms with Crippen molar-refractivity contribution in [3.63, 3.8) is 0 Å². The van der Waals surface area contributed by atoms with Crippen molar-refractivity contribution in [2.45, 2.75) is 46.0 Å². The van der Waals surface area contributed by atoms with Crippen molar-refractivity contribution in [2.75, 3.05) is 9.80 Å². The summed E-state index contributed by atoms with van der Waals surface area (Å²) in [7, 11) is 0. The fraction of sp³-hybridized carbons (Fsp3) is 0.101. The molecule has 0 aliphatic heterocycles. The molecule has 1 heterocycles. The van der Waals surface area contributed by atoms with Crippen LogP contribution in [-0.2, 0) is 5.41 Å². The van der Waals surface area contributed by atoms with Crippen LogP contribution in [0, 0.1) is 0 Å². The fourth-order valence-electron chi connectivity index (χ4n) is 10.5. The zero-order valence-electron chi connectivity index (χ0n) is 41.5. The first-order valence-corrected chi connectivity index (χ1v) is 25.2. The topological polar surface area (TPSA) is 19.6 Å². The van der Waals surface area contributed by atoms with Crippen molar-refractivity contribution < 1.29 is 4.42 Å². The Labute approximate surface area is 422 Å². The maximum Gasteiger partial charge on any atom is 0.136 e. The minimum absolute atomic E-state index is 0.0608. The average molecular weight is 929 g/mol. The Morgan fingerprint density at radius 1 is 0.347 bits per heavy atom. The summed E-state index contributed by atoms with van der Waals surface area (Å²) < 4.78 is 6.87. The number of para-hydroxylation sites is 4. The number of nitrogens with zero attached hydrogens (tertiary/aromatic N) is 2. The van der Waals surface area contributed by atoms with Crippen molar-refractivity contribution >= 4 is 77.6 Å². The number of rotatable bonds is 10. The molecule has 12 aromatic rings. The highest BCUT2D eigenvalue weighted by Gasteiger charge is 2.23. The number of fused-ring (bicyclic) bond motifs is 5. The van der Waals surface area contributed by atoms with Gasteiger partial charge in [0.05, 0.1) is 17.1 Å². The highest BCUT2D eigenvalue weighted by Crippen LogP contribution is 2.47. The second-order valence-corrected chi connectivity index (χ2v) is 20.4. The number of furan rings is 1. The third kappa shape index (κ3) is 8.27. The summed E-state index contributed by atoms with van der Waals surface area (Å²) in [6, 6.07) is 88.5. The first-order valence-electron chi connectivity index (χ1n) is 25.2. The number of anilines is 6. The minimum atomic E-state index is 0.0608. The summed E-state index contributed by atoms with van der Waals surface area (Å²) in [5, 5.41) is 6.75. The Hall–Kier alpha value is -8.66. The molecule has 3 nitrogen and oxygen atoms in total. The van der Waals surface area contributed by atoms with E-state index in [2.05, 4.69) is 287 Å². The molecule has 0 aliphatic carbocycles. The standard InChI is InChI=1S/C69H56N2O/c1-46(2)47-28-30-49(31-29-47)60-23-12-15-25-64(60)70(56-20-10-7-11-21-56)57-38-34-51-42-62-63-43-52-35-39-58(41-54(52)45-68(63)72-67(62)44-53(51)40-57)71(65-26-16-13-22-59(65)48-18-8-6-9-19-48)66-27-17-14-24-61(66)50-32-36-55(37-33-50)69(3,4)5/h6-46H,1-5H3. The molecule has 3 heteroatoms. The van der Waals surface area contributed by atoms with Crippen LogP contribution in [0.3, 0.4) is 0 Å². The van der Waals surface area contributed by atoms with E-state index in [1.807, 2.05) is 0 Å². The van der Waals surface area contributed by atoms with Gasteiger partial charge in [-0.3, -0.25) is 0 Å². The van der Waals surface area contributed by atoms with E-state index in [1.54, 1.807) is 0 Å².